The lowest BCUT2D eigenvalue weighted by Gasteiger charge is -1.98. The number of hydrogen-bond donors (Lipinski definition) is 0. The van der Waals surface area contributed by atoms with Crippen LogP contribution in [0.25, 0.3) is 0 Å². The van der Waals surface area contributed by atoms with Crippen molar-refractivity contribution in [3.05, 3.63) is 38.8 Å². The Bertz CT molecular complexity index is 544. The SMILES string of the molecule is CCc1cc(C(=O)Cc2ccc(Cl)s2)n(C)n1. The first-order chi connectivity index (χ1) is 8.10. The second kappa shape index (κ2) is 5.02. The van der Waals surface area contributed by atoms with Crippen molar-refractivity contribution < 1.29 is 4.79 Å². The minimum absolute atomic E-state index is 0.0817. The molecule has 0 fully saturated rings. The fourth-order valence-corrected chi connectivity index (χ4v) is 2.74. The van der Waals surface area contributed by atoms with Crippen molar-refractivity contribution in [2.24, 2.45) is 7.05 Å². The lowest BCUT2D eigenvalue weighted by atomic mass is 10.1. The molecular weight excluding hydrogens is 256 g/mol. The molecule has 2 aromatic rings. The van der Waals surface area contributed by atoms with Gasteiger partial charge in [-0.15, -0.1) is 11.3 Å². The first-order valence-electron chi connectivity index (χ1n) is 5.40. The zero-order valence-electron chi connectivity index (χ0n) is 9.74. The van der Waals surface area contributed by atoms with Gasteiger partial charge in [-0.2, -0.15) is 5.10 Å². The second-order valence-electron chi connectivity index (χ2n) is 3.80. The standard InChI is InChI=1S/C12H13ClN2OS/c1-3-8-6-10(15(2)14-8)11(16)7-9-4-5-12(13)17-9/h4-6H,3,7H2,1-2H3. The number of carbonyl (C=O) groups is 1. The summed E-state index contributed by atoms with van der Waals surface area (Å²) < 4.78 is 2.36. The van der Waals surface area contributed by atoms with Gasteiger partial charge in [0, 0.05) is 18.3 Å². The van der Waals surface area contributed by atoms with Crippen LogP contribution in [0.3, 0.4) is 0 Å². The molecule has 0 aliphatic rings. The highest BCUT2D eigenvalue weighted by atomic mass is 35.5. The molecule has 2 aromatic heterocycles. The highest BCUT2D eigenvalue weighted by Crippen LogP contribution is 2.22. The minimum atomic E-state index is 0.0817. The smallest absolute Gasteiger partial charge is 0.186 e. The summed E-state index contributed by atoms with van der Waals surface area (Å²) in [6.07, 6.45) is 1.23. The Morgan fingerprint density at radius 3 is 2.82 bits per heavy atom. The van der Waals surface area contributed by atoms with Gasteiger partial charge in [0.25, 0.3) is 0 Å². The van der Waals surface area contributed by atoms with E-state index in [4.69, 9.17) is 11.6 Å². The molecule has 0 saturated heterocycles. The van der Waals surface area contributed by atoms with E-state index in [1.807, 2.05) is 25.1 Å². The van der Waals surface area contributed by atoms with E-state index in [1.54, 1.807) is 11.7 Å². The largest absolute Gasteiger partial charge is 0.292 e. The molecule has 0 aromatic carbocycles. The van der Waals surface area contributed by atoms with Crippen LogP contribution in [0, 0.1) is 0 Å². The van der Waals surface area contributed by atoms with Gasteiger partial charge < -0.3 is 0 Å². The van der Waals surface area contributed by atoms with Gasteiger partial charge in [-0.3, -0.25) is 9.48 Å². The van der Waals surface area contributed by atoms with Gasteiger partial charge in [0.15, 0.2) is 5.78 Å². The third kappa shape index (κ3) is 2.76. The van der Waals surface area contributed by atoms with E-state index in [-0.39, 0.29) is 5.78 Å². The van der Waals surface area contributed by atoms with E-state index in [9.17, 15) is 4.79 Å². The summed E-state index contributed by atoms with van der Waals surface area (Å²) in [5.74, 6) is 0.0817. The molecule has 0 N–H and O–H groups in total. The number of nitrogens with zero attached hydrogens (tertiary/aromatic N) is 2. The number of thiophene rings is 1. The first kappa shape index (κ1) is 12.3. The number of rotatable bonds is 4. The van der Waals surface area contributed by atoms with Gasteiger partial charge in [0.1, 0.15) is 5.69 Å². The van der Waals surface area contributed by atoms with Crippen LogP contribution in [0.4, 0.5) is 0 Å². The molecule has 0 saturated carbocycles. The van der Waals surface area contributed by atoms with Crippen molar-refractivity contribution in [1.29, 1.82) is 0 Å². The van der Waals surface area contributed by atoms with Crippen LogP contribution >= 0.6 is 22.9 Å². The molecule has 2 heterocycles. The molecule has 90 valence electrons. The number of aryl methyl sites for hydroxylation is 2. The van der Waals surface area contributed by atoms with E-state index in [0.29, 0.717) is 16.5 Å². The summed E-state index contributed by atoms with van der Waals surface area (Å²) in [5.41, 5.74) is 1.60. The van der Waals surface area contributed by atoms with Gasteiger partial charge in [0.2, 0.25) is 0 Å². The molecule has 2 rings (SSSR count). The van der Waals surface area contributed by atoms with Crippen LogP contribution in [0.5, 0.6) is 0 Å². The molecule has 3 nitrogen and oxygen atoms in total. The van der Waals surface area contributed by atoms with Crippen molar-refractivity contribution in [2.45, 2.75) is 19.8 Å². The van der Waals surface area contributed by atoms with Crippen LogP contribution < -0.4 is 0 Å². The molecular formula is C12H13ClN2OS. The maximum absolute atomic E-state index is 12.1. The Balaban J connectivity index is 2.16. The number of aromatic nitrogens is 2. The zero-order chi connectivity index (χ0) is 12.4. The Hall–Kier alpha value is -1.13. The summed E-state index contributed by atoms with van der Waals surface area (Å²) in [6.45, 7) is 2.02. The Kier molecular flexibility index (Phi) is 3.64. The molecule has 0 radical (unpaired) electrons. The lowest BCUT2D eigenvalue weighted by Crippen LogP contribution is -2.08. The zero-order valence-corrected chi connectivity index (χ0v) is 11.3. The normalized spacial score (nSPS) is 10.8. The molecule has 0 atom stereocenters. The molecule has 0 aliphatic carbocycles. The van der Waals surface area contributed by atoms with E-state index < -0.39 is 0 Å². The Labute approximate surface area is 109 Å². The molecule has 0 bridgehead atoms. The molecule has 5 heteroatoms. The van der Waals surface area contributed by atoms with E-state index in [2.05, 4.69) is 5.10 Å². The average molecular weight is 269 g/mol. The summed E-state index contributed by atoms with van der Waals surface area (Å²) in [6, 6.07) is 5.56. The lowest BCUT2D eigenvalue weighted by molar-refractivity contribution is 0.0985. The quantitative estimate of drug-likeness (QED) is 0.799. The monoisotopic (exact) mass is 268 g/mol. The average Bonchev–Trinajstić information content (AvgIpc) is 2.85. The highest BCUT2D eigenvalue weighted by Gasteiger charge is 2.14. The molecule has 0 unspecified atom stereocenters. The topological polar surface area (TPSA) is 34.9 Å². The van der Waals surface area contributed by atoms with Crippen LogP contribution in [-0.2, 0) is 19.9 Å². The molecule has 0 aliphatic heterocycles. The molecule has 17 heavy (non-hydrogen) atoms. The minimum Gasteiger partial charge on any atom is -0.292 e. The van der Waals surface area contributed by atoms with Crippen molar-refractivity contribution in [3.8, 4) is 0 Å². The van der Waals surface area contributed by atoms with E-state index in [1.165, 1.54) is 11.3 Å². The summed E-state index contributed by atoms with van der Waals surface area (Å²) in [4.78, 5) is 13.1. The summed E-state index contributed by atoms with van der Waals surface area (Å²) >= 11 is 7.28. The Morgan fingerprint density at radius 1 is 1.53 bits per heavy atom. The molecule has 0 amide bonds. The fourth-order valence-electron chi connectivity index (χ4n) is 1.66. The van der Waals surface area contributed by atoms with Gasteiger partial charge in [0.05, 0.1) is 10.0 Å². The number of hydrogen-bond acceptors (Lipinski definition) is 3. The number of ketones is 1. The predicted molar refractivity (Wildman–Crippen MR) is 69.9 cm³/mol. The van der Waals surface area contributed by atoms with Crippen LogP contribution in [0.15, 0.2) is 18.2 Å². The summed E-state index contributed by atoms with van der Waals surface area (Å²) in [5, 5.41) is 4.27. The van der Waals surface area contributed by atoms with Gasteiger partial charge >= 0.3 is 0 Å². The van der Waals surface area contributed by atoms with Gasteiger partial charge in [-0.05, 0) is 24.6 Å². The third-order valence-corrected chi connectivity index (χ3v) is 3.77. The maximum atomic E-state index is 12.1. The highest BCUT2D eigenvalue weighted by molar-refractivity contribution is 7.16. The van der Waals surface area contributed by atoms with Crippen LogP contribution in [0.2, 0.25) is 4.34 Å². The van der Waals surface area contributed by atoms with Crippen molar-refractivity contribution >= 4 is 28.7 Å². The van der Waals surface area contributed by atoms with Gasteiger partial charge in [-0.25, -0.2) is 0 Å². The number of carbonyl (C=O) groups excluding carboxylic acids is 1. The molecule has 0 spiro atoms. The van der Waals surface area contributed by atoms with Crippen molar-refractivity contribution in [2.75, 3.05) is 0 Å². The first-order valence-corrected chi connectivity index (χ1v) is 6.60. The third-order valence-electron chi connectivity index (χ3n) is 2.54. The number of Topliss-reactive ketones (excluding diaryl/α,β-unsaturated/α-hetero) is 1. The van der Waals surface area contributed by atoms with Gasteiger partial charge in [-0.1, -0.05) is 18.5 Å². The number of halogens is 1. The maximum Gasteiger partial charge on any atom is 0.186 e. The summed E-state index contributed by atoms with van der Waals surface area (Å²) in [7, 11) is 1.80. The van der Waals surface area contributed by atoms with Crippen LogP contribution in [0.1, 0.15) is 28.0 Å². The Morgan fingerprint density at radius 2 is 2.29 bits per heavy atom. The van der Waals surface area contributed by atoms with Crippen molar-refractivity contribution in [1.82, 2.24) is 9.78 Å². The van der Waals surface area contributed by atoms with Crippen molar-refractivity contribution in [3.63, 3.8) is 0 Å². The van der Waals surface area contributed by atoms with Crippen LogP contribution in [-0.4, -0.2) is 15.6 Å². The van der Waals surface area contributed by atoms with E-state index in [0.717, 1.165) is 17.0 Å². The fraction of sp³-hybridized carbons (Fsp3) is 0.333. The van der Waals surface area contributed by atoms with E-state index >= 15 is 0 Å². The second-order valence-corrected chi connectivity index (χ2v) is 5.60. The predicted octanol–water partition coefficient (Wildman–Crippen LogP) is 3.12.